The van der Waals surface area contributed by atoms with E-state index in [1.54, 1.807) is 0 Å². The van der Waals surface area contributed by atoms with Gasteiger partial charge in [-0.1, -0.05) is 30.7 Å². The van der Waals surface area contributed by atoms with Crippen LogP contribution < -0.4 is 5.32 Å². The zero-order valence-electron chi connectivity index (χ0n) is 11.0. The van der Waals surface area contributed by atoms with Crippen molar-refractivity contribution in [3.63, 3.8) is 0 Å². The zero-order valence-corrected chi connectivity index (χ0v) is 13.4. The summed E-state index contributed by atoms with van der Waals surface area (Å²) in [6, 6.07) is 6.02. The molecule has 0 bridgehead atoms. The van der Waals surface area contributed by atoms with Gasteiger partial charge in [0.05, 0.1) is 17.3 Å². The van der Waals surface area contributed by atoms with Crippen LogP contribution in [0.25, 0.3) is 0 Å². The van der Waals surface area contributed by atoms with Crippen molar-refractivity contribution in [1.29, 1.82) is 0 Å². The summed E-state index contributed by atoms with van der Waals surface area (Å²) in [4.78, 5) is 0. The lowest BCUT2D eigenvalue weighted by Crippen LogP contribution is -2.17. The molecular weight excluding hydrogens is 326 g/mol. The second kappa shape index (κ2) is 6.55. The summed E-state index contributed by atoms with van der Waals surface area (Å²) >= 11 is 9.84. The highest BCUT2D eigenvalue weighted by atomic mass is 79.9. The molecule has 2 rings (SSSR count). The Hall–Kier alpha value is -0.840. The molecule has 19 heavy (non-hydrogen) atoms. The molecule has 0 radical (unpaired) electrons. The molecule has 0 aliphatic heterocycles. The van der Waals surface area contributed by atoms with Crippen molar-refractivity contribution >= 4 is 27.5 Å². The summed E-state index contributed by atoms with van der Waals surface area (Å²) in [6.07, 6.45) is 5.04. The lowest BCUT2D eigenvalue weighted by molar-refractivity contribution is 0.600. The average Bonchev–Trinajstić information content (AvgIpc) is 2.84. The Kier molecular flexibility index (Phi) is 5.02. The van der Waals surface area contributed by atoms with Gasteiger partial charge >= 0.3 is 0 Å². The Balaban J connectivity index is 2.35. The number of nitrogens with one attached hydrogen (secondary N) is 1. The molecule has 0 spiro atoms. The van der Waals surface area contributed by atoms with Gasteiger partial charge in [0.25, 0.3) is 0 Å². The molecule has 2 aromatic rings. The topological polar surface area (TPSA) is 29.9 Å². The smallest absolute Gasteiger partial charge is 0.0620 e. The molecule has 0 saturated heterocycles. The lowest BCUT2D eigenvalue weighted by Gasteiger charge is -2.17. The van der Waals surface area contributed by atoms with Gasteiger partial charge in [-0.3, -0.25) is 4.68 Å². The van der Waals surface area contributed by atoms with Crippen LogP contribution in [0.1, 0.15) is 30.5 Å². The van der Waals surface area contributed by atoms with Crippen LogP contribution in [0, 0.1) is 0 Å². The minimum Gasteiger partial charge on any atom is -0.309 e. The molecule has 1 aromatic carbocycles. The summed E-state index contributed by atoms with van der Waals surface area (Å²) in [6.45, 7) is 3.07. The first-order valence-electron chi connectivity index (χ1n) is 6.31. The van der Waals surface area contributed by atoms with E-state index in [1.807, 2.05) is 36.1 Å². The summed E-state index contributed by atoms with van der Waals surface area (Å²) in [5, 5.41) is 8.41. The first-order valence-corrected chi connectivity index (χ1v) is 7.48. The molecule has 5 heteroatoms. The number of hydrogen-bond acceptors (Lipinski definition) is 2. The third-order valence-electron chi connectivity index (χ3n) is 3.02. The van der Waals surface area contributed by atoms with E-state index in [-0.39, 0.29) is 6.04 Å². The molecule has 0 aliphatic carbocycles. The maximum Gasteiger partial charge on any atom is 0.0620 e. The molecule has 3 nitrogen and oxygen atoms in total. The summed E-state index contributed by atoms with van der Waals surface area (Å²) in [7, 11) is 1.93. The molecule has 0 aliphatic rings. The third-order valence-corrected chi connectivity index (χ3v) is 4.33. The Labute approximate surface area is 127 Å². The number of halogens is 2. The van der Waals surface area contributed by atoms with Crippen LogP contribution in [-0.4, -0.2) is 16.8 Å². The predicted molar refractivity (Wildman–Crippen MR) is 82.6 cm³/mol. The van der Waals surface area contributed by atoms with E-state index in [4.69, 9.17) is 11.6 Å². The van der Waals surface area contributed by atoms with E-state index in [0.717, 1.165) is 33.6 Å². The van der Waals surface area contributed by atoms with E-state index in [0.29, 0.717) is 0 Å². The molecule has 1 heterocycles. The number of aryl methyl sites for hydroxylation is 1. The van der Waals surface area contributed by atoms with Crippen LogP contribution in [0.15, 0.2) is 35.1 Å². The zero-order chi connectivity index (χ0) is 13.8. The van der Waals surface area contributed by atoms with Crippen LogP contribution in [0.5, 0.6) is 0 Å². The van der Waals surface area contributed by atoms with Crippen LogP contribution in [0.4, 0.5) is 0 Å². The highest BCUT2D eigenvalue weighted by Gasteiger charge is 2.18. The van der Waals surface area contributed by atoms with Gasteiger partial charge in [0.15, 0.2) is 0 Å². The van der Waals surface area contributed by atoms with E-state index >= 15 is 0 Å². The van der Waals surface area contributed by atoms with E-state index in [9.17, 15) is 0 Å². The first kappa shape index (κ1) is 14.6. The van der Waals surface area contributed by atoms with Gasteiger partial charge in [-0.15, -0.1) is 0 Å². The van der Waals surface area contributed by atoms with Crippen molar-refractivity contribution in [1.82, 2.24) is 15.1 Å². The standard InChI is InChI=1S/C14H17BrClN3/c1-3-7-19-9-10(8-18-19)14(17-2)11-5-4-6-12(15)13(11)16/h4-6,8-9,14,17H,3,7H2,1-2H3. The fraction of sp³-hybridized carbons (Fsp3) is 0.357. The van der Waals surface area contributed by atoms with Gasteiger partial charge in [-0.2, -0.15) is 5.10 Å². The molecule has 1 atom stereocenters. The summed E-state index contributed by atoms with van der Waals surface area (Å²) < 4.78 is 2.87. The van der Waals surface area contributed by atoms with Crippen molar-refractivity contribution in [2.75, 3.05) is 7.05 Å². The van der Waals surface area contributed by atoms with Gasteiger partial charge in [0, 0.05) is 22.8 Å². The molecule has 1 aromatic heterocycles. The van der Waals surface area contributed by atoms with Crippen LogP contribution in [0.3, 0.4) is 0 Å². The van der Waals surface area contributed by atoms with Gasteiger partial charge in [-0.05, 0) is 41.0 Å². The second-order valence-corrected chi connectivity index (χ2v) is 5.63. The highest BCUT2D eigenvalue weighted by molar-refractivity contribution is 9.10. The van der Waals surface area contributed by atoms with Crippen LogP contribution >= 0.6 is 27.5 Å². The third kappa shape index (κ3) is 3.19. The summed E-state index contributed by atoms with van der Waals surface area (Å²) in [5.74, 6) is 0. The Morgan fingerprint density at radius 3 is 2.95 bits per heavy atom. The van der Waals surface area contributed by atoms with Crippen LogP contribution in [-0.2, 0) is 6.54 Å². The minimum atomic E-state index is 0.0515. The van der Waals surface area contributed by atoms with Gasteiger partial charge < -0.3 is 5.32 Å². The molecule has 0 saturated carbocycles. The van der Waals surface area contributed by atoms with Gasteiger partial charge in [0.2, 0.25) is 0 Å². The first-order chi connectivity index (χ1) is 9.17. The minimum absolute atomic E-state index is 0.0515. The number of nitrogens with zero attached hydrogens (tertiary/aromatic N) is 2. The van der Waals surface area contributed by atoms with Crippen LogP contribution in [0.2, 0.25) is 5.02 Å². The fourth-order valence-corrected chi connectivity index (χ4v) is 2.74. The Morgan fingerprint density at radius 2 is 2.26 bits per heavy atom. The quantitative estimate of drug-likeness (QED) is 0.889. The molecule has 1 unspecified atom stereocenters. The largest absolute Gasteiger partial charge is 0.309 e. The van der Waals surface area contributed by atoms with Crippen molar-refractivity contribution in [2.45, 2.75) is 25.9 Å². The predicted octanol–water partition coefficient (Wildman–Crippen LogP) is 4.02. The maximum atomic E-state index is 6.37. The molecule has 1 N–H and O–H groups in total. The Morgan fingerprint density at radius 1 is 1.47 bits per heavy atom. The molecular formula is C14H17BrClN3. The van der Waals surface area contributed by atoms with Gasteiger partial charge in [0.1, 0.15) is 0 Å². The molecule has 0 amide bonds. The molecule has 102 valence electrons. The normalized spacial score (nSPS) is 12.6. The van der Waals surface area contributed by atoms with E-state index < -0.39 is 0 Å². The van der Waals surface area contributed by atoms with Gasteiger partial charge in [-0.25, -0.2) is 0 Å². The highest BCUT2D eigenvalue weighted by Crippen LogP contribution is 2.33. The second-order valence-electron chi connectivity index (χ2n) is 4.40. The lowest BCUT2D eigenvalue weighted by atomic mass is 10.0. The molecule has 0 fully saturated rings. The van der Waals surface area contributed by atoms with Crippen molar-refractivity contribution in [2.24, 2.45) is 0 Å². The maximum absolute atomic E-state index is 6.37. The number of rotatable bonds is 5. The number of aromatic nitrogens is 2. The van der Waals surface area contributed by atoms with E-state index in [1.165, 1.54) is 0 Å². The van der Waals surface area contributed by atoms with Crippen molar-refractivity contribution in [3.05, 3.63) is 51.2 Å². The van der Waals surface area contributed by atoms with Crippen molar-refractivity contribution < 1.29 is 0 Å². The number of hydrogen-bond donors (Lipinski definition) is 1. The van der Waals surface area contributed by atoms with E-state index in [2.05, 4.69) is 39.5 Å². The Bertz CT molecular complexity index is 553. The SMILES string of the molecule is CCCn1cc(C(NC)c2cccc(Br)c2Cl)cn1. The fourth-order valence-electron chi connectivity index (χ4n) is 2.13. The monoisotopic (exact) mass is 341 g/mol. The number of benzene rings is 1. The summed E-state index contributed by atoms with van der Waals surface area (Å²) in [5.41, 5.74) is 2.17. The average molecular weight is 343 g/mol. The van der Waals surface area contributed by atoms with Crippen molar-refractivity contribution in [3.8, 4) is 0 Å².